The number of methoxy groups -OCH3 is 1. The van der Waals surface area contributed by atoms with Crippen LogP contribution in [0.4, 0.5) is 10.3 Å². The van der Waals surface area contributed by atoms with Gasteiger partial charge in [-0.3, -0.25) is 9.59 Å². The van der Waals surface area contributed by atoms with Crippen molar-refractivity contribution in [1.82, 2.24) is 20.2 Å². The molecule has 0 saturated heterocycles. The van der Waals surface area contributed by atoms with Crippen LogP contribution in [0.1, 0.15) is 66.6 Å². The molecule has 1 aromatic heterocycles. The quantitative estimate of drug-likeness (QED) is 0.377. The third-order valence-electron chi connectivity index (χ3n) is 7.11. The average molecular weight is 570 g/mol. The molecule has 0 radical (unpaired) electrons. The summed E-state index contributed by atoms with van der Waals surface area (Å²) in [5.41, 5.74) is 8.16. The Morgan fingerprint density at radius 3 is 2.55 bits per heavy atom. The number of rotatable bonds is 7. The van der Waals surface area contributed by atoms with Gasteiger partial charge in [-0.05, 0) is 36.2 Å². The van der Waals surface area contributed by atoms with Crippen LogP contribution in [0.25, 0.3) is 11.3 Å². The lowest BCUT2D eigenvalue weighted by Gasteiger charge is -2.26. The van der Waals surface area contributed by atoms with E-state index in [0.717, 1.165) is 5.56 Å². The van der Waals surface area contributed by atoms with Crippen molar-refractivity contribution >= 4 is 29.4 Å². The smallest absolute Gasteiger partial charge is 0.255 e. The number of hydrogen-bond acceptors (Lipinski definition) is 7. The number of amides is 2. The maximum Gasteiger partial charge on any atom is 0.255 e. The normalized spacial score (nSPS) is 15.6. The number of halogens is 2. The van der Waals surface area contributed by atoms with Crippen molar-refractivity contribution in [2.24, 2.45) is 0 Å². The molecule has 9 nitrogen and oxygen atoms in total. The Hall–Kier alpha value is -3.76. The maximum atomic E-state index is 13.9. The van der Waals surface area contributed by atoms with Gasteiger partial charge in [0.2, 0.25) is 11.9 Å². The average Bonchev–Trinajstić information content (AvgIpc) is 3.64. The number of anilines is 1. The third-order valence-corrected chi connectivity index (χ3v) is 7.38. The molecule has 2 aliphatic rings. The van der Waals surface area contributed by atoms with Gasteiger partial charge in [-0.25, -0.2) is 14.4 Å². The van der Waals surface area contributed by atoms with Gasteiger partial charge in [0.25, 0.3) is 5.91 Å². The molecule has 0 spiro atoms. The van der Waals surface area contributed by atoms with Crippen molar-refractivity contribution in [2.45, 2.75) is 57.7 Å². The van der Waals surface area contributed by atoms with Crippen LogP contribution in [0.2, 0.25) is 5.02 Å². The Morgan fingerprint density at radius 1 is 1.20 bits per heavy atom. The first kappa shape index (κ1) is 29.2. The summed E-state index contributed by atoms with van der Waals surface area (Å²) in [6.45, 7) is 1.34. The molecule has 2 heterocycles. The van der Waals surface area contributed by atoms with Crippen molar-refractivity contribution in [3.63, 3.8) is 0 Å². The molecular weight excluding hydrogens is 537 g/mol. The van der Waals surface area contributed by atoms with Crippen LogP contribution in [0.5, 0.6) is 5.75 Å². The van der Waals surface area contributed by atoms with Gasteiger partial charge < -0.3 is 25.8 Å². The summed E-state index contributed by atoms with van der Waals surface area (Å²) in [4.78, 5) is 35.6. The molecule has 4 N–H and O–H groups in total. The number of hydrogen-bond donors (Lipinski definition) is 3. The highest BCUT2D eigenvalue weighted by molar-refractivity contribution is 6.33. The largest absolute Gasteiger partial charge is 0.497 e. The van der Waals surface area contributed by atoms with Crippen molar-refractivity contribution in [3.05, 3.63) is 70.1 Å². The number of nitrogen functional groups attached to an aromatic ring is 1. The van der Waals surface area contributed by atoms with Crippen molar-refractivity contribution in [2.75, 3.05) is 19.5 Å². The Balaban J connectivity index is 0.000000666. The van der Waals surface area contributed by atoms with Crippen molar-refractivity contribution < 1.29 is 23.8 Å². The summed E-state index contributed by atoms with van der Waals surface area (Å²) in [6, 6.07) is 7.39. The van der Waals surface area contributed by atoms with Crippen LogP contribution >= 0.6 is 11.6 Å². The summed E-state index contributed by atoms with van der Waals surface area (Å²) >= 11 is 6.20. The van der Waals surface area contributed by atoms with Crippen molar-refractivity contribution in [1.29, 1.82) is 0 Å². The van der Waals surface area contributed by atoms with E-state index in [1.165, 1.54) is 68.5 Å². The molecule has 40 heavy (non-hydrogen) atoms. The molecule has 0 bridgehead atoms. The second-order valence-electron chi connectivity index (χ2n) is 9.84. The summed E-state index contributed by atoms with van der Waals surface area (Å²) in [5.74, 6) is -1.09. The van der Waals surface area contributed by atoms with E-state index in [1.807, 2.05) is 0 Å². The molecule has 5 rings (SSSR count). The van der Waals surface area contributed by atoms with Crippen LogP contribution in [0, 0.1) is 5.82 Å². The van der Waals surface area contributed by atoms with Gasteiger partial charge in [0.15, 0.2) is 0 Å². The SMILES string of the molecule is C1CCCC1.COc1cc(F)cc(C(CO)NC(=O)C(C)N2Cc3ccc(-c4nc(N)ncc4Cl)cc3C2=O)c1. The molecule has 2 aromatic carbocycles. The molecule has 1 aliphatic carbocycles. The van der Waals surface area contributed by atoms with E-state index in [4.69, 9.17) is 22.1 Å². The van der Waals surface area contributed by atoms with E-state index < -0.39 is 30.4 Å². The number of nitrogens with zero attached hydrogens (tertiary/aromatic N) is 3. The lowest BCUT2D eigenvalue weighted by atomic mass is 10.0. The fraction of sp³-hybridized carbons (Fsp3) is 0.379. The Morgan fingerprint density at radius 2 is 1.90 bits per heavy atom. The number of benzene rings is 2. The first-order valence-electron chi connectivity index (χ1n) is 13.2. The van der Waals surface area contributed by atoms with E-state index in [9.17, 15) is 19.1 Å². The predicted octanol–water partition coefficient (Wildman–Crippen LogP) is 4.67. The predicted molar refractivity (Wildman–Crippen MR) is 150 cm³/mol. The van der Waals surface area contributed by atoms with E-state index in [1.54, 1.807) is 25.1 Å². The number of nitrogens with one attached hydrogen (secondary N) is 1. The zero-order valence-electron chi connectivity index (χ0n) is 22.5. The van der Waals surface area contributed by atoms with Gasteiger partial charge in [0.1, 0.15) is 17.6 Å². The molecule has 1 aliphatic heterocycles. The minimum atomic E-state index is -0.883. The molecule has 11 heteroatoms. The number of ether oxygens (including phenoxy) is 1. The van der Waals surface area contributed by atoms with E-state index in [2.05, 4.69) is 15.3 Å². The summed E-state index contributed by atoms with van der Waals surface area (Å²) < 4.78 is 19.0. The minimum Gasteiger partial charge on any atom is -0.497 e. The minimum absolute atomic E-state index is 0.0532. The summed E-state index contributed by atoms with van der Waals surface area (Å²) in [7, 11) is 1.39. The molecule has 2 atom stereocenters. The number of aromatic nitrogens is 2. The highest BCUT2D eigenvalue weighted by Gasteiger charge is 2.35. The van der Waals surface area contributed by atoms with Gasteiger partial charge in [0.05, 0.1) is 36.7 Å². The van der Waals surface area contributed by atoms with Crippen LogP contribution in [0.3, 0.4) is 0 Å². The van der Waals surface area contributed by atoms with Crippen LogP contribution in [-0.4, -0.2) is 51.5 Å². The van der Waals surface area contributed by atoms with Gasteiger partial charge in [0, 0.05) is 23.7 Å². The van der Waals surface area contributed by atoms with E-state index in [0.29, 0.717) is 27.4 Å². The molecule has 2 unspecified atom stereocenters. The van der Waals surface area contributed by atoms with E-state index in [-0.39, 0.29) is 24.1 Å². The van der Waals surface area contributed by atoms with Crippen molar-refractivity contribution in [3.8, 4) is 17.0 Å². The lowest BCUT2D eigenvalue weighted by molar-refractivity contribution is -0.126. The van der Waals surface area contributed by atoms with Crippen LogP contribution in [0.15, 0.2) is 42.6 Å². The molecule has 2 amide bonds. The highest BCUT2D eigenvalue weighted by Crippen LogP contribution is 2.32. The molecule has 1 fully saturated rings. The van der Waals surface area contributed by atoms with E-state index >= 15 is 0 Å². The number of fused-ring (bicyclic) bond motifs is 1. The second-order valence-corrected chi connectivity index (χ2v) is 10.2. The molecule has 3 aromatic rings. The first-order valence-corrected chi connectivity index (χ1v) is 13.6. The summed E-state index contributed by atoms with van der Waals surface area (Å²) in [6.07, 6.45) is 8.89. The second kappa shape index (κ2) is 13.1. The number of aliphatic hydroxyl groups excluding tert-OH is 1. The Bertz CT molecular complexity index is 1380. The molecule has 212 valence electrons. The van der Waals surface area contributed by atoms with Gasteiger partial charge in [-0.1, -0.05) is 55.8 Å². The maximum absolute atomic E-state index is 13.9. The number of carbonyl (C=O) groups is 2. The van der Waals surface area contributed by atoms with Gasteiger partial charge >= 0.3 is 0 Å². The fourth-order valence-corrected chi connectivity index (χ4v) is 5.02. The van der Waals surface area contributed by atoms with Gasteiger partial charge in [-0.2, -0.15) is 0 Å². The zero-order chi connectivity index (χ0) is 28.8. The van der Waals surface area contributed by atoms with Crippen LogP contribution < -0.4 is 15.8 Å². The lowest BCUT2D eigenvalue weighted by Crippen LogP contribution is -2.46. The first-order chi connectivity index (χ1) is 19.2. The van der Waals surface area contributed by atoms with Crippen LogP contribution in [-0.2, 0) is 11.3 Å². The zero-order valence-corrected chi connectivity index (χ0v) is 23.2. The monoisotopic (exact) mass is 569 g/mol. The fourth-order valence-electron chi connectivity index (χ4n) is 4.82. The Kier molecular flexibility index (Phi) is 9.54. The number of nitrogens with two attached hydrogens (primary N) is 1. The third kappa shape index (κ3) is 6.68. The summed E-state index contributed by atoms with van der Waals surface area (Å²) in [5, 5.41) is 12.8. The molecule has 1 saturated carbocycles. The number of aliphatic hydroxyl groups is 1. The van der Waals surface area contributed by atoms with Gasteiger partial charge in [-0.15, -0.1) is 0 Å². The topological polar surface area (TPSA) is 131 Å². The molecular formula is C29H33ClFN5O4. The Labute approximate surface area is 237 Å². The highest BCUT2D eigenvalue weighted by atomic mass is 35.5. The standard InChI is InChI=1S/C24H23ClFN5O4.C5H10/c1-12(22(33)29-20(11-32)15-5-16(26)8-17(6-15)35-2)31-10-14-4-3-13(7-18(14)23(31)34)21-19(25)9-28-24(27)30-21;1-2-4-5-3-1/h3-9,12,20,32H,10-11H2,1-2H3,(H,29,33)(H2,27,28,30);1-5H2. The number of carbonyl (C=O) groups excluding carboxylic acids is 2.